The van der Waals surface area contributed by atoms with Crippen LogP contribution in [-0.4, -0.2) is 17.1 Å². The van der Waals surface area contributed by atoms with E-state index in [1.54, 1.807) is 26.2 Å². The molecule has 0 aliphatic rings. The van der Waals surface area contributed by atoms with Gasteiger partial charge in [0, 0.05) is 29.6 Å². The van der Waals surface area contributed by atoms with Crippen LogP contribution in [0.3, 0.4) is 0 Å². The quantitative estimate of drug-likeness (QED) is 0.483. The number of halogens is 1. The summed E-state index contributed by atoms with van der Waals surface area (Å²) < 4.78 is 24.7. The summed E-state index contributed by atoms with van der Waals surface area (Å²) in [5, 5.41) is 4.40. The van der Waals surface area contributed by atoms with Crippen molar-refractivity contribution in [1.29, 1.82) is 0 Å². The third-order valence-corrected chi connectivity index (χ3v) is 4.90. The Hall–Kier alpha value is -3.45. The summed E-state index contributed by atoms with van der Waals surface area (Å²) in [7, 11) is 1.61. The van der Waals surface area contributed by atoms with Crippen molar-refractivity contribution in [3.05, 3.63) is 93.6 Å². The van der Waals surface area contributed by atoms with Crippen molar-refractivity contribution in [3.63, 3.8) is 0 Å². The second-order valence-corrected chi connectivity index (χ2v) is 7.10. The first kappa shape index (κ1) is 19.8. The fourth-order valence-electron chi connectivity index (χ4n) is 3.52. The number of rotatable bonds is 7. The lowest BCUT2D eigenvalue weighted by atomic mass is 10.0. The predicted octanol–water partition coefficient (Wildman–Crippen LogP) is 4.05. The minimum atomic E-state index is -0.299. The van der Waals surface area contributed by atoms with Crippen LogP contribution in [-0.2, 0) is 13.0 Å². The van der Waals surface area contributed by atoms with Gasteiger partial charge in [0.2, 0.25) is 0 Å². The summed E-state index contributed by atoms with van der Waals surface area (Å²) >= 11 is 0. The number of methoxy groups -OCH3 is 1. The molecule has 2 N–H and O–H groups in total. The fourth-order valence-corrected chi connectivity index (χ4v) is 3.52. The summed E-state index contributed by atoms with van der Waals surface area (Å²) in [6.45, 7) is 2.19. The number of H-pyrrole nitrogens is 1. The summed E-state index contributed by atoms with van der Waals surface area (Å²) in [5.74, 6) is 1.68. The number of nitrogens with zero attached hydrogens (tertiary/aromatic N) is 1. The number of hydrogen-bond acceptors (Lipinski definition) is 5. The number of nitrogens with one attached hydrogen (secondary N) is 2. The number of furan rings is 1. The summed E-state index contributed by atoms with van der Waals surface area (Å²) in [6.07, 6.45) is 0.472. The molecule has 4 aromatic rings. The molecule has 0 radical (unpaired) electrons. The Balaban J connectivity index is 1.59. The van der Waals surface area contributed by atoms with Gasteiger partial charge in [0.1, 0.15) is 17.4 Å². The van der Waals surface area contributed by atoms with Crippen LogP contribution in [0.1, 0.15) is 28.9 Å². The predicted molar refractivity (Wildman–Crippen MR) is 112 cm³/mol. The van der Waals surface area contributed by atoms with Gasteiger partial charge in [0.25, 0.3) is 5.56 Å². The van der Waals surface area contributed by atoms with Gasteiger partial charge in [-0.1, -0.05) is 24.3 Å². The highest BCUT2D eigenvalue weighted by molar-refractivity contribution is 5.83. The van der Waals surface area contributed by atoms with Crippen LogP contribution in [0.2, 0.25) is 0 Å². The van der Waals surface area contributed by atoms with Crippen LogP contribution in [0, 0.1) is 12.7 Å². The number of aromatic amines is 1. The van der Waals surface area contributed by atoms with E-state index in [9.17, 15) is 9.18 Å². The first-order chi connectivity index (χ1) is 14.5. The normalized spacial score (nSPS) is 12.2. The third kappa shape index (κ3) is 4.41. The van der Waals surface area contributed by atoms with E-state index >= 15 is 0 Å². The fraction of sp³-hybridized carbons (Fsp3) is 0.217. The molecule has 4 rings (SSSR count). The number of benzene rings is 2. The van der Waals surface area contributed by atoms with Gasteiger partial charge in [-0.3, -0.25) is 4.79 Å². The molecule has 0 aliphatic carbocycles. The highest BCUT2D eigenvalue weighted by Gasteiger charge is 2.16. The van der Waals surface area contributed by atoms with Crippen LogP contribution in [0.25, 0.3) is 11.0 Å². The lowest BCUT2D eigenvalue weighted by Gasteiger charge is -2.18. The standard InChI is InChI=1S/C23H22FN3O3/c1-14-26-18(12-22(28)27-14)11-20(15-6-8-17(24)9-7-15)25-13-19-10-16-4-3-5-21(29-2)23(16)30-19/h3-10,12,20,25H,11,13H2,1-2H3,(H,26,27,28)/t20-/m1/s1. The SMILES string of the molecule is COc1cccc2cc(CN[C@H](Cc3cc(=O)[nH]c(C)n3)c3ccc(F)cc3)oc12. The number of fused-ring (bicyclic) bond motifs is 1. The number of ether oxygens (including phenoxy) is 1. The monoisotopic (exact) mass is 407 g/mol. The minimum Gasteiger partial charge on any atom is -0.493 e. The van der Waals surface area contributed by atoms with Gasteiger partial charge in [-0.25, -0.2) is 9.37 Å². The third-order valence-electron chi connectivity index (χ3n) is 4.90. The lowest BCUT2D eigenvalue weighted by molar-refractivity contribution is 0.403. The Morgan fingerprint density at radius 1 is 1.20 bits per heavy atom. The van der Waals surface area contributed by atoms with E-state index in [0.717, 1.165) is 16.7 Å². The minimum absolute atomic E-state index is 0.186. The molecule has 1 atom stereocenters. The van der Waals surface area contributed by atoms with Gasteiger partial charge >= 0.3 is 0 Å². The Morgan fingerprint density at radius 2 is 2.00 bits per heavy atom. The molecular weight excluding hydrogens is 385 g/mol. The lowest BCUT2D eigenvalue weighted by Crippen LogP contribution is -2.24. The zero-order chi connectivity index (χ0) is 21.1. The van der Waals surface area contributed by atoms with Crippen LogP contribution in [0.4, 0.5) is 4.39 Å². The Labute approximate surface area is 172 Å². The number of hydrogen-bond donors (Lipinski definition) is 2. The van der Waals surface area contributed by atoms with Crippen molar-refractivity contribution in [1.82, 2.24) is 15.3 Å². The van der Waals surface area contributed by atoms with E-state index in [1.807, 2.05) is 24.3 Å². The topological polar surface area (TPSA) is 80.1 Å². The molecule has 0 unspecified atom stereocenters. The van der Waals surface area contributed by atoms with Gasteiger partial charge in [-0.05, 0) is 36.8 Å². The highest BCUT2D eigenvalue weighted by Crippen LogP contribution is 2.29. The largest absolute Gasteiger partial charge is 0.493 e. The van der Waals surface area contributed by atoms with E-state index in [1.165, 1.54) is 18.2 Å². The molecule has 0 fully saturated rings. The average Bonchev–Trinajstić information content (AvgIpc) is 3.14. The molecule has 2 heterocycles. The van der Waals surface area contributed by atoms with Crippen molar-refractivity contribution < 1.29 is 13.5 Å². The number of aromatic nitrogens is 2. The molecule has 6 nitrogen and oxygen atoms in total. The van der Waals surface area contributed by atoms with Crippen LogP contribution < -0.4 is 15.6 Å². The van der Waals surface area contributed by atoms with Gasteiger partial charge in [-0.2, -0.15) is 0 Å². The zero-order valence-electron chi connectivity index (χ0n) is 16.7. The first-order valence-electron chi connectivity index (χ1n) is 9.63. The van der Waals surface area contributed by atoms with Crippen molar-refractivity contribution in [2.45, 2.75) is 25.9 Å². The van der Waals surface area contributed by atoms with Gasteiger partial charge in [-0.15, -0.1) is 0 Å². The van der Waals surface area contributed by atoms with Gasteiger partial charge in [0.05, 0.1) is 13.7 Å². The molecule has 154 valence electrons. The van der Waals surface area contributed by atoms with Gasteiger partial charge < -0.3 is 19.5 Å². The number of para-hydroxylation sites is 1. The second kappa shape index (κ2) is 8.51. The molecule has 0 spiro atoms. The van der Waals surface area contributed by atoms with E-state index in [-0.39, 0.29) is 17.4 Å². The Bertz CT molecular complexity index is 1210. The molecule has 0 bridgehead atoms. The van der Waals surface area contributed by atoms with Crippen LogP contribution in [0.15, 0.2) is 63.8 Å². The molecular formula is C23H22FN3O3. The van der Waals surface area contributed by atoms with E-state index < -0.39 is 0 Å². The molecule has 0 amide bonds. The zero-order valence-corrected chi connectivity index (χ0v) is 16.7. The van der Waals surface area contributed by atoms with E-state index in [0.29, 0.717) is 35.8 Å². The summed E-state index contributed by atoms with van der Waals surface area (Å²) in [6, 6.07) is 15.3. The molecule has 0 saturated heterocycles. The van der Waals surface area contributed by atoms with Crippen molar-refractivity contribution in [2.75, 3.05) is 7.11 Å². The Morgan fingerprint density at radius 3 is 2.73 bits per heavy atom. The average molecular weight is 407 g/mol. The van der Waals surface area contributed by atoms with Crippen molar-refractivity contribution in [2.24, 2.45) is 0 Å². The van der Waals surface area contributed by atoms with Gasteiger partial charge in [0.15, 0.2) is 11.3 Å². The molecule has 0 aliphatic heterocycles. The maximum atomic E-state index is 13.4. The van der Waals surface area contributed by atoms with E-state index in [4.69, 9.17) is 9.15 Å². The maximum Gasteiger partial charge on any atom is 0.251 e. The highest BCUT2D eigenvalue weighted by atomic mass is 19.1. The van der Waals surface area contributed by atoms with Crippen molar-refractivity contribution >= 4 is 11.0 Å². The number of aryl methyl sites for hydroxylation is 1. The molecule has 0 saturated carbocycles. The van der Waals surface area contributed by atoms with E-state index in [2.05, 4.69) is 15.3 Å². The molecule has 30 heavy (non-hydrogen) atoms. The van der Waals surface area contributed by atoms with Crippen LogP contribution in [0.5, 0.6) is 5.75 Å². The summed E-state index contributed by atoms with van der Waals surface area (Å²) in [4.78, 5) is 18.9. The smallest absolute Gasteiger partial charge is 0.251 e. The Kier molecular flexibility index (Phi) is 5.63. The first-order valence-corrected chi connectivity index (χ1v) is 9.63. The van der Waals surface area contributed by atoms with Crippen molar-refractivity contribution in [3.8, 4) is 5.75 Å². The maximum absolute atomic E-state index is 13.4. The second-order valence-electron chi connectivity index (χ2n) is 7.10. The molecule has 2 aromatic carbocycles. The summed E-state index contributed by atoms with van der Waals surface area (Å²) in [5.41, 5.74) is 2.05. The molecule has 2 aromatic heterocycles. The molecule has 7 heteroatoms. The van der Waals surface area contributed by atoms with Crippen LogP contribution >= 0.6 is 0 Å².